The Kier molecular flexibility index (Phi) is 3.39. The van der Waals surface area contributed by atoms with Gasteiger partial charge in [0, 0.05) is 16.5 Å². The van der Waals surface area contributed by atoms with Crippen LogP contribution in [0.5, 0.6) is 0 Å². The Morgan fingerprint density at radius 2 is 1.94 bits per heavy atom. The summed E-state index contributed by atoms with van der Waals surface area (Å²) in [6.07, 6.45) is 0.755. The maximum atomic E-state index is 10.3. The van der Waals surface area contributed by atoms with Gasteiger partial charge in [0.2, 0.25) is 0 Å². The topological polar surface area (TPSA) is 37.4 Å². The summed E-state index contributed by atoms with van der Waals surface area (Å²) in [6, 6.07) is 8.00. The first-order valence-corrected chi connectivity index (χ1v) is 6.62. The van der Waals surface area contributed by atoms with E-state index in [0.717, 1.165) is 22.2 Å². The maximum absolute atomic E-state index is 10.3. The molecule has 1 aromatic rings. The highest BCUT2D eigenvalue weighted by molar-refractivity contribution is 9.10. The van der Waals surface area contributed by atoms with Crippen molar-refractivity contribution in [3.63, 3.8) is 0 Å². The number of nitrogens with zero attached hydrogens (tertiary/aromatic N) is 1. The first kappa shape index (κ1) is 12.7. The number of hydroxylamine groups is 2. The molecule has 2 N–H and O–H groups in total. The lowest BCUT2D eigenvalue weighted by Gasteiger charge is -2.25. The molecule has 3 nitrogen and oxygen atoms in total. The third-order valence-corrected chi connectivity index (χ3v) is 3.93. The van der Waals surface area contributed by atoms with E-state index in [4.69, 9.17) is 0 Å². The summed E-state index contributed by atoms with van der Waals surface area (Å²) in [5.74, 6) is 0. The molecule has 0 aromatic heterocycles. The highest BCUT2D eigenvalue weighted by atomic mass is 79.9. The van der Waals surface area contributed by atoms with Gasteiger partial charge in [0.05, 0.1) is 0 Å². The number of halogens is 1. The normalized spacial score (nSPS) is 23.8. The largest absolute Gasteiger partial charge is 0.307 e. The molecule has 0 saturated heterocycles. The standard InChI is InChI=1S/C13H17BrN2O/c1-4-11-13(2,3)16(17)12(15-11)9-5-7-10(14)8-6-9/h5-8,12,17H,4H2,1-3H3/p+1. The van der Waals surface area contributed by atoms with Gasteiger partial charge in [-0.15, -0.1) is 5.06 Å². The minimum Gasteiger partial charge on any atom is -0.307 e. The van der Waals surface area contributed by atoms with Crippen molar-refractivity contribution >= 4 is 21.6 Å². The number of nitrogens with one attached hydrogen (secondary N) is 1. The Bertz CT molecular complexity index is 439. The third kappa shape index (κ3) is 2.17. The number of hydrogen-bond acceptors (Lipinski definition) is 2. The highest BCUT2D eigenvalue weighted by Crippen LogP contribution is 2.27. The molecule has 1 aliphatic heterocycles. The first-order valence-electron chi connectivity index (χ1n) is 5.83. The molecule has 0 saturated carbocycles. The van der Waals surface area contributed by atoms with Gasteiger partial charge in [-0.05, 0) is 38.1 Å². The molecule has 17 heavy (non-hydrogen) atoms. The zero-order valence-corrected chi connectivity index (χ0v) is 12.0. The molecule has 92 valence electrons. The van der Waals surface area contributed by atoms with Crippen LogP contribution in [0.2, 0.25) is 0 Å². The SMILES string of the molecule is CCC1=[NH+]C(c2ccc(Br)cc2)N(O)C1(C)C. The van der Waals surface area contributed by atoms with Crippen molar-refractivity contribution in [3.05, 3.63) is 34.3 Å². The molecule has 2 rings (SSSR count). The predicted molar refractivity (Wildman–Crippen MR) is 70.8 cm³/mol. The number of rotatable bonds is 2. The van der Waals surface area contributed by atoms with E-state index >= 15 is 0 Å². The van der Waals surface area contributed by atoms with Gasteiger partial charge in [0.25, 0.3) is 6.17 Å². The highest BCUT2D eigenvalue weighted by Gasteiger charge is 2.47. The van der Waals surface area contributed by atoms with E-state index in [2.05, 4.69) is 27.8 Å². The minimum absolute atomic E-state index is 0.159. The second kappa shape index (κ2) is 4.52. The van der Waals surface area contributed by atoms with Crippen LogP contribution in [0.4, 0.5) is 0 Å². The first-order chi connectivity index (χ1) is 7.96. The second-order valence-electron chi connectivity index (χ2n) is 4.83. The van der Waals surface area contributed by atoms with Crippen molar-refractivity contribution in [2.75, 3.05) is 0 Å². The molecule has 0 spiro atoms. The monoisotopic (exact) mass is 297 g/mol. The van der Waals surface area contributed by atoms with Crippen molar-refractivity contribution < 1.29 is 10.2 Å². The lowest BCUT2D eigenvalue weighted by Crippen LogP contribution is -2.72. The van der Waals surface area contributed by atoms with Crippen molar-refractivity contribution in [2.45, 2.75) is 38.9 Å². The van der Waals surface area contributed by atoms with Crippen LogP contribution in [-0.2, 0) is 0 Å². The van der Waals surface area contributed by atoms with Crippen LogP contribution < -0.4 is 4.99 Å². The molecule has 0 bridgehead atoms. The molecule has 1 unspecified atom stereocenters. The molecule has 0 amide bonds. The molecular formula is C13H18BrN2O+. The zero-order chi connectivity index (χ0) is 12.6. The molecule has 1 aliphatic rings. The summed E-state index contributed by atoms with van der Waals surface area (Å²) in [6.45, 7) is 6.15. The molecule has 1 heterocycles. The molecule has 1 atom stereocenters. The predicted octanol–water partition coefficient (Wildman–Crippen LogP) is 1.86. The van der Waals surface area contributed by atoms with Gasteiger partial charge in [-0.1, -0.05) is 22.9 Å². The van der Waals surface area contributed by atoms with Crippen molar-refractivity contribution in [2.24, 2.45) is 0 Å². The Morgan fingerprint density at radius 1 is 1.35 bits per heavy atom. The van der Waals surface area contributed by atoms with Crippen molar-refractivity contribution in [3.8, 4) is 0 Å². The van der Waals surface area contributed by atoms with Gasteiger partial charge >= 0.3 is 0 Å². The van der Waals surface area contributed by atoms with E-state index in [1.807, 2.05) is 38.1 Å². The van der Waals surface area contributed by atoms with Crippen LogP contribution in [-0.4, -0.2) is 21.5 Å². The van der Waals surface area contributed by atoms with E-state index in [0.29, 0.717) is 0 Å². The summed E-state index contributed by atoms with van der Waals surface area (Å²) in [5.41, 5.74) is 1.90. The lowest BCUT2D eigenvalue weighted by atomic mass is 9.97. The van der Waals surface area contributed by atoms with E-state index in [9.17, 15) is 5.21 Å². The van der Waals surface area contributed by atoms with Crippen molar-refractivity contribution in [1.82, 2.24) is 5.06 Å². The van der Waals surface area contributed by atoms with Gasteiger partial charge in [0.15, 0.2) is 5.71 Å². The van der Waals surface area contributed by atoms with E-state index < -0.39 is 0 Å². The van der Waals surface area contributed by atoms with Crippen LogP contribution in [0.15, 0.2) is 28.7 Å². The fourth-order valence-corrected chi connectivity index (χ4v) is 2.53. The van der Waals surface area contributed by atoms with E-state index in [-0.39, 0.29) is 11.7 Å². The Hall–Kier alpha value is -0.710. The fraction of sp³-hybridized carbons (Fsp3) is 0.462. The molecule has 0 aliphatic carbocycles. The van der Waals surface area contributed by atoms with Gasteiger partial charge in [0.1, 0.15) is 5.54 Å². The van der Waals surface area contributed by atoms with Crippen molar-refractivity contribution in [1.29, 1.82) is 0 Å². The van der Waals surface area contributed by atoms with E-state index in [1.165, 1.54) is 5.06 Å². The van der Waals surface area contributed by atoms with Gasteiger partial charge in [-0.25, -0.2) is 4.99 Å². The van der Waals surface area contributed by atoms with E-state index in [1.54, 1.807) is 0 Å². The fourth-order valence-electron chi connectivity index (χ4n) is 2.27. The number of hydrogen-bond donors (Lipinski definition) is 2. The van der Waals surface area contributed by atoms with Gasteiger partial charge < -0.3 is 5.21 Å². The molecule has 4 heteroatoms. The molecule has 0 radical (unpaired) electrons. The summed E-state index contributed by atoms with van der Waals surface area (Å²) in [5, 5.41) is 11.7. The second-order valence-corrected chi connectivity index (χ2v) is 5.75. The van der Waals surface area contributed by atoms with Gasteiger partial charge in [-0.2, -0.15) is 0 Å². The average Bonchev–Trinajstić information content (AvgIpc) is 2.52. The molecular weight excluding hydrogens is 280 g/mol. The lowest BCUT2D eigenvalue weighted by molar-refractivity contribution is -0.549. The van der Waals surface area contributed by atoms with Crippen LogP contribution in [0.1, 0.15) is 38.9 Å². The summed E-state index contributed by atoms with van der Waals surface area (Å²) >= 11 is 3.42. The maximum Gasteiger partial charge on any atom is 0.255 e. The van der Waals surface area contributed by atoms with Crippen LogP contribution in [0.3, 0.4) is 0 Å². The van der Waals surface area contributed by atoms with Crippen LogP contribution in [0, 0.1) is 0 Å². The van der Waals surface area contributed by atoms with Crippen LogP contribution in [0.25, 0.3) is 0 Å². The molecule has 1 aromatic carbocycles. The summed E-state index contributed by atoms with van der Waals surface area (Å²) < 4.78 is 1.04. The Balaban J connectivity index is 2.35. The Morgan fingerprint density at radius 3 is 2.41 bits per heavy atom. The molecule has 0 fully saturated rings. The van der Waals surface area contributed by atoms with Gasteiger partial charge in [-0.3, -0.25) is 0 Å². The quantitative estimate of drug-likeness (QED) is 0.874. The average molecular weight is 298 g/mol. The smallest absolute Gasteiger partial charge is 0.255 e. The summed E-state index contributed by atoms with van der Waals surface area (Å²) in [4.78, 5) is 3.39. The zero-order valence-electron chi connectivity index (χ0n) is 10.4. The van der Waals surface area contributed by atoms with Crippen LogP contribution >= 0.6 is 15.9 Å². The number of benzene rings is 1. The minimum atomic E-state index is -0.327. The Labute approximate surface area is 110 Å². The summed E-state index contributed by atoms with van der Waals surface area (Å²) in [7, 11) is 0. The third-order valence-electron chi connectivity index (χ3n) is 3.41.